The van der Waals surface area contributed by atoms with Crippen LogP contribution in [0.4, 0.5) is 5.69 Å². The van der Waals surface area contributed by atoms with E-state index in [2.05, 4.69) is 80.3 Å². The highest BCUT2D eigenvalue weighted by molar-refractivity contribution is 8.13. The van der Waals surface area contributed by atoms with E-state index in [1.165, 1.54) is 37.7 Å². The molecule has 6 heteroatoms. The van der Waals surface area contributed by atoms with Crippen molar-refractivity contribution in [2.45, 2.75) is 75.9 Å². The van der Waals surface area contributed by atoms with Crippen LogP contribution in [0.3, 0.4) is 0 Å². The fourth-order valence-corrected chi connectivity index (χ4v) is 6.39. The molecule has 184 valence electrons. The summed E-state index contributed by atoms with van der Waals surface area (Å²) in [5.41, 5.74) is 5.24. The minimum absolute atomic E-state index is 0.0843. The van der Waals surface area contributed by atoms with Gasteiger partial charge in [0.15, 0.2) is 10.8 Å². The van der Waals surface area contributed by atoms with Gasteiger partial charge in [0.05, 0.1) is 17.1 Å². The number of fused-ring (bicyclic) bond motifs is 2. The first kappa shape index (κ1) is 23.3. The highest BCUT2D eigenvalue weighted by Crippen LogP contribution is 2.40. The van der Waals surface area contributed by atoms with Crippen molar-refractivity contribution >= 4 is 33.7 Å². The third-order valence-corrected chi connectivity index (χ3v) is 8.23. The maximum absolute atomic E-state index is 5.25. The first-order valence-electron chi connectivity index (χ1n) is 13.0. The van der Waals surface area contributed by atoms with Gasteiger partial charge >= 0.3 is 0 Å². The fourth-order valence-electron chi connectivity index (χ4n) is 5.34. The molecular weight excluding hydrogens is 462 g/mol. The maximum atomic E-state index is 5.25. The molecule has 0 saturated heterocycles. The highest BCUT2D eigenvalue weighted by Gasteiger charge is 2.32. The van der Waals surface area contributed by atoms with E-state index < -0.39 is 0 Å². The van der Waals surface area contributed by atoms with Crippen LogP contribution in [0.15, 0.2) is 76.7 Å². The molecule has 1 aliphatic carbocycles. The minimum Gasteiger partial charge on any atom is -0.343 e. The predicted octanol–water partition coefficient (Wildman–Crippen LogP) is 7.65. The molecular formula is C30H33N5S. The average Bonchev–Trinajstić information content (AvgIpc) is 3.28. The molecule has 0 spiro atoms. The standard InChI is InChI=1S/C30H33N5S/c1-30(2,3)26-25-19-21-20-34(23-15-9-5-10-16-23)29(31-22-13-7-4-8-14-22)36-28(21)32-27(25)35(33-26)24-17-11-6-12-18-24/h4,6-8,11-14,17-19,23H,5,9-10,15-16,20H2,1-3H3. The Hall–Kier alpha value is -3.12. The van der Waals surface area contributed by atoms with Gasteiger partial charge in [0.1, 0.15) is 5.03 Å². The molecule has 3 heterocycles. The first-order valence-corrected chi connectivity index (χ1v) is 13.9. The number of aromatic nitrogens is 3. The average molecular weight is 496 g/mol. The van der Waals surface area contributed by atoms with E-state index in [9.17, 15) is 0 Å². The molecule has 0 amide bonds. The molecule has 0 atom stereocenters. The van der Waals surface area contributed by atoms with Crippen LogP contribution in [-0.4, -0.2) is 30.9 Å². The molecule has 2 aromatic carbocycles. The van der Waals surface area contributed by atoms with E-state index in [0.717, 1.165) is 44.8 Å². The summed E-state index contributed by atoms with van der Waals surface area (Å²) < 4.78 is 2.01. The molecule has 5 nitrogen and oxygen atoms in total. The van der Waals surface area contributed by atoms with Gasteiger partial charge in [0.25, 0.3) is 0 Å². The molecule has 1 saturated carbocycles. The second-order valence-electron chi connectivity index (χ2n) is 10.9. The van der Waals surface area contributed by atoms with Crippen molar-refractivity contribution in [2.75, 3.05) is 0 Å². The zero-order valence-electron chi connectivity index (χ0n) is 21.3. The zero-order valence-corrected chi connectivity index (χ0v) is 22.1. The summed E-state index contributed by atoms with van der Waals surface area (Å²) in [7, 11) is 0. The van der Waals surface area contributed by atoms with Gasteiger partial charge < -0.3 is 4.90 Å². The molecule has 0 N–H and O–H groups in total. The van der Waals surface area contributed by atoms with Crippen molar-refractivity contribution in [3.05, 3.63) is 78.0 Å². The number of thioether (sulfide) groups is 1. The van der Waals surface area contributed by atoms with E-state index in [1.807, 2.05) is 16.8 Å². The van der Waals surface area contributed by atoms with Crippen LogP contribution < -0.4 is 0 Å². The summed E-state index contributed by atoms with van der Waals surface area (Å²) in [5, 5.41) is 8.36. The molecule has 6 rings (SSSR count). The number of benzene rings is 2. The van der Waals surface area contributed by atoms with Crippen LogP contribution >= 0.6 is 11.8 Å². The maximum Gasteiger partial charge on any atom is 0.171 e. The van der Waals surface area contributed by atoms with Gasteiger partial charge in [-0.05, 0) is 54.9 Å². The van der Waals surface area contributed by atoms with E-state index in [1.54, 1.807) is 11.8 Å². The largest absolute Gasteiger partial charge is 0.343 e. The number of hydrogen-bond acceptors (Lipinski definition) is 4. The van der Waals surface area contributed by atoms with E-state index in [0.29, 0.717) is 6.04 Å². The van der Waals surface area contributed by atoms with Crippen LogP contribution in [0, 0.1) is 0 Å². The quantitative estimate of drug-likeness (QED) is 0.293. The van der Waals surface area contributed by atoms with Gasteiger partial charge in [0.2, 0.25) is 0 Å². The van der Waals surface area contributed by atoms with Crippen molar-refractivity contribution in [1.82, 2.24) is 19.7 Å². The summed E-state index contributed by atoms with van der Waals surface area (Å²) in [6, 6.07) is 23.6. The highest BCUT2D eigenvalue weighted by atomic mass is 32.2. The monoisotopic (exact) mass is 495 g/mol. The van der Waals surface area contributed by atoms with Crippen molar-refractivity contribution in [3.63, 3.8) is 0 Å². The molecule has 2 aromatic heterocycles. The second-order valence-corrected chi connectivity index (χ2v) is 11.9. The Morgan fingerprint density at radius 1 is 0.917 bits per heavy atom. The minimum atomic E-state index is -0.0843. The molecule has 0 unspecified atom stereocenters. The number of para-hydroxylation sites is 2. The van der Waals surface area contributed by atoms with Gasteiger partial charge in [-0.1, -0.05) is 76.4 Å². The van der Waals surface area contributed by atoms with E-state index in [4.69, 9.17) is 15.1 Å². The van der Waals surface area contributed by atoms with Crippen molar-refractivity contribution in [3.8, 4) is 5.69 Å². The van der Waals surface area contributed by atoms with Crippen LogP contribution in [0.1, 0.15) is 64.1 Å². The molecule has 4 aromatic rings. The van der Waals surface area contributed by atoms with E-state index in [-0.39, 0.29) is 5.41 Å². The number of amidine groups is 1. The summed E-state index contributed by atoms with van der Waals surface area (Å²) in [6.07, 6.45) is 6.41. The topological polar surface area (TPSA) is 46.3 Å². The number of pyridine rings is 1. The lowest BCUT2D eigenvalue weighted by atomic mass is 9.90. The molecule has 0 radical (unpaired) electrons. The Bertz CT molecular complexity index is 1400. The summed E-state index contributed by atoms with van der Waals surface area (Å²) in [6.45, 7) is 7.55. The number of hydrogen-bond donors (Lipinski definition) is 0. The third-order valence-electron chi connectivity index (χ3n) is 7.18. The lowest BCUT2D eigenvalue weighted by Gasteiger charge is -2.39. The Morgan fingerprint density at radius 2 is 1.61 bits per heavy atom. The van der Waals surface area contributed by atoms with Crippen molar-refractivity contribution < 1.29 is 0 Å². The Balaban J connectivity index is 1.50. The van der Waals surface area contributed by atoms with Gasteiger partial charge in [-0.3, -0.25) is 0 Å². The third kappa shape index (κ3) is 4.43. The fraction of sp³-hybridized carbons (Fsp3) is 0.367. The summed E-state index contributed by atoms with van der Waals surface area (Å²) in [5.74, 6) is 0. The van der Waals surface area contributed by atoms with Gasteiger partial charge in [-0.2, -0.15) is 5.10 Å². The van der Waals surface area contributed by atoms with Crippen molar-refractivity contribution in [1.29, 1.82) is 0 Å². The van der Waals surface area contributed by atoms with Gasteiger partial charge in [-0.15, -0.1) is 0 Å². The zero-order chi connectivity index (χ0) is 24.7. The van der Waals surface area contributed by atoms with Crippen LogP contribution in [0.2, 0.25) is 0 Å². The van der Waals surface area contributed by atoms with Crippen LogP contribution in [-0.2, 0) is 12.0 Å². The van der Waals surface area contributed by atoms with Gasteiger partial charge in [0, 0.05) is 29.0 Å². The van der Waals surface area contributed by atoms with Crippen molar-refractivity contribution in [2.24, 2.45) is 4.99 Å². The Kier molecular flexibility index (Phi) is 6.08. The van der Waals surface area contributed by atoms with E-state index >= 15 is 0 Å². The summed E-state index contributed by atoms with van der Waals surface area (Å²) >= 11 is 1.71. The summed E-state index contributed by atoms with van der Waals surface area (Å²) in [4.78, 5) is 12.9. The van der Waals surface area contributed by atoms with Gasteiger partial charge in [-0.25, -0.2) is 14.7 Å². The molecule has 2 aliphatic rings. The number of rotatable bonds is 3. The SMILES string of the molecule is CC(C)(C)c1nn(-c2ccccc2)c2nc3c(cc12)CN(C1CCCCC1)C(=Nc1ccccc1)S3. The van der Waals surface area contributed by atoms with Crippen LogP contribution in [0.5, 0.6) is 0 Å². The Morgan fingerprint density at radius 3 is 2.31 bits per heavy atom. The normalized spacial score (nSPS) is 18.1. The smallest absolute Gasteiger partial charge is 0.171 e. The molecule has 1 fully saturated rings. The van der Waals surface area contributed by atoms with Crippen LogP contribution in [0.25, 0.3) is 16.7 Å². The lowest BCUT2D eigenvalue weighted by Crippen LogP contribution is -2.41. The first-order chi connectivity index (χ1) is 17.5. The lowest BCUT2D eigenvalue weighted by molar-refractivity contribution is 0.238. The molecule has 0 bridgehead atoms. The Labute approximate surface area is 217 Å². The second kappa shape index (κ2) is 9.40. The number of nitrogens with zero attached hydrogens (tertiary/aromatic N) is 5. The predicted molar refractivity (Wildman–Crippen MR) is 149 cm³/mol. The molecule has 1 aliphatic heterocycles. The molecule has 36 heavy (non-hydrogen) atoms. The number of aliphatic imine (C=N–C) groups is 1.